The molecule has 2 rings (SSSR count). The number of hydrogen-bond donors (Lipinski definition) is 0. The molecule has 0 saturated carbocycles. The van der Waals surface area contributed by atoms with Crippen molar-refractivity contribution in [3.05, 3.63) is 29.8 Å². The summed E-state index contributed by atoms with van der Waals surface area (Å²) in [7, 11) is -3.66. The topological polar surface area (TPSA) is 63.7 Å². The van der Waals surface area contributed by atoms with Gasteiger partial charge in [-0.05, 0) is 32.4 Å². The van der Waals surface area contributed by atoms with Gasteiger partial charge in [-0.3, -0.25) is 4.79 Å². The van der Waals surface area contributed by atoms with Gasteiger partial charge in [0.2, 0.25) is 10.0 Å². The summed E-state index contributed by atoms with van der Waals surface area (Å²) in [5.74, 6) is -0.0825. The zero-order valence-corrected chi connectivity index (χ0v) is 13.4. The van der Waals surface area contributed by atoms with Crippen molar-refractivity contribution in [1.29, 1.82) is 0 Å². The van der Waals surface area contributed by atoms with E-state index in [-0.39, 0.29) is 23.1 Å². The smallest absolute Gasteiger partial charge is 0.245 e. The number of Topliss-reactive ketones (excluding diaryl/α,β-unsaturated/α-hetero) is 1. The predicted octanol–water partition coefficient (Wildman–Crippen LogP) is 2.10. The Kier molecular flexibility index (Phi) is 4.81. The Labute approximate surface area is 126 Å². The molecule has 2 atom stereocenters. The van der Waals surface area contributed by atoms with Crippen LogP contribution < -0.4 is 0 Å². The van der Waals surface area contributed by atoms with Gasteiger partial charge in [0.25, 0.3) is 0 Å². The maximum Gasteiger partial charge on any atom is 0.245 e. The summed E-state index contributed by atoms with van der Waals surface area (Å²) < 4.78 is 32.6. The van der Waals surface area contributed by atoms with E-state index in [1.54, 1.807) is 24.3 Å². The number of carbonyl (C=O) groups excluding carboxylic acids is 1. The van der Waals surface area contributed by atoms with E-state index in [0.29, 0.717) is 13.0 Å². The number of benzene rings is 1. The second kappa shape index (κ2) is 6.25. The van der Waals surface area contributed by atoms with Gasteiger partial charge in [-0.2, -0.15) is 4.31 Å². The zero-order chi connectivity index (χ0) is 15.6. The molecule has 5 nitrogen and oxygen atoms in total. The van der Waals surface area contributed by atoms with Gasteiger partial charge in [-0.25, -0.2) is 8.42 Å². The number of nitrogens with zero attached hydrogens (tertiary/aromatic N) is 1. The molecular weight excluding hydrogens is 290 g/mol. The van der Waals surface area contributed by atoms with Gasteiger partial charge in [0.1, 0.15) is 12.0 Å². The van der Waals surface area contributed by atoms with Gasteiger partial charge in [-0.15, -0.1) is 0 Å². The monoisotopic (exact) mass is 311 g/mol. The molecule has 1 fully saturated rings. The molecule has 1 saturated heterocycles. The standard InChI is InChI=1S/C15H21NO4S/c1-4-13-10-20-15(9-12(3)17)16(13)21(18,19)14-7-5-11(2)6-8-14/h5-8,13,15H,4,9-10H2,1-3H3/t13-,15-/m1/s1. The fraction of sp³-hybridized carbons (Fsp3) is 0.533. The summed E-state index contributed by atoms with van der Waals surface area (Å²) in [5.41, 5.74) is 0.999. The molecule has 1 aliphatic rings. The summed E-state index contributed by atoms with van der Waals surface area (Å²) in [6.45, 7) is 5.60. The minimum absolute atomic E-state index is 0.0825. The van der Waals surface area contributed by atoms with Crippen molar-refractivity contribution < 1.29 is 17.9 Å². The van der Waals surface area contributed by atoms with Crippen molar-refractivity contribution in [1.82, 2.24) is 4.31 Å². The van der Waals surface area contributed by atoms with E-state index in [1.807, 2.05) is 13.8 Å². The Balaban J connectivity index is 2.38. The lowest BCUT2D eigenvalue weighted by molar-refractivity contribution is -0.120. The van der Waals surface area contributed by atoms with Crippen molar-refractivity contribution in [3.8, 4) is 0 Å². The lowest BCUT2D eigenvalue weighted by Gasteiger charge is -2.26. The number of sulfonamides is 1. The highest BCUT2D eigenvalue weighted by Crippen LogP contribution is 2.29. The Morgan fingerprint density at radius 1 is 1.33 bits per heavy atom. The van der Waals surface area contributed by atoms with E-state index >= 15 is 0 Å². The third kappa shape index (κ3) is 3.33. The van der Waals surface area contributed by atoms with Crippen molar-refractivity contribution >= 4 is 15.8 Å². The Bertz CT molecular complexity index is 609. The first-order chi connectivity index (χ1) is 9.86. The number of hydrogen-bond acceptors (Lipinski definition) is 4. The summed E-state index contributed by atoms with van der Waals surface area (Å²) in [5, 5.41) is 0. The maximum absolute atomic E-state index is 12.8. The molecule has 1 aliphatic heterocycles. The molecular formula is C15H21NO4S. The molecule has 0 bridgehead atoms. The molecule has 0 radical (unpaired) electrons. The molecule has 0 N–H and O–H groups in total. The first-order valence-electron chi connectivity index (χ1n) is 7.07. The van der Waals surface area contributed by atoms with E-state index in [2.05, 4.69) is 0 Å². The van der Waals surface area contributed by atoms with Crippen molar-refractivity contribution in [3.63, 3.8) is 0 Å². The van der Waals surface area contributed by atoms with Crippen molar-refractivity contribution in [2.24, 2.45) is 0 Å². The van der Waals surface area contributed by atoms with Crippen LogP contribution in [0.5, 0.6) is 0 Å². The van der Waals surface area contributed by atoms with Crippen LogP contribution in [-0.2, 0) is 19.6 Å². The number of rotatable bonds is 5. The number of aryl methyl sites for hydroxylation is 1. The van der Waals surface area contributed by atoms with Gasteiger partial charge >= 0.3 is 0 Å². The average Bonchev–Trinajstić information content (AvgIpc) is 2.82. The highest BCUT2D eigenvalue weighted by atomic mass is 32.2. The lowest BCUT2D eigenvalue weighted by atomic mass is 10.2. The minimum Gasteiger partial charge on any atom is -0.360 e. The second-order valence-electron chi connectivity index (χ2n) is 5.40. The quantitative estimate of drug-likeness (QED) is 0.835. The highest BCUT2D eigenvalue weighted by molar-refractivity contribution is 7.89. The third-order valence-electron chi connectivity index (χ3n) is 3.65. The van der Waals surface area contributed by atoms with E-state index in [1.165, 1.54) is 11.2 Å². The third-order valence-corrected chi connectivity index (χ3v) is 5.61. The maximum atomic E-state index is 12.8. The lowest BCUT2D eigenvalue weighted by Crippen LogP contribution is -2.42. The van der Waals surface area contributed by atoms with Crippen LogP contribution in [0.2, 0.25) is 0 Å². The second-order valence-corrected chi connectivity index (χ2v) is 7.25. The molecule has 116 valence electrons. The molecule has 0 spiro atoms. The molecule has 21 heavy (non-hydrogen) atoms. The fourth-order valence-electron chi connectivity index (χ4n) is 2.48. The molecule has 1 heterocycles. The molecule has 1 aromatic rings. The summed E-state index contributed by atoms with van der Waals surface area (Å²) in [6, 6.07) is 6.51. The predicted molar refractivity (Wildman–Crippen MR) is 79.3 cm³/mol. The first-order valence-corrected chi connectivity index (χ1v) is 8.51. The normalized spacial score (nSPS) is 23.4. The Morgan fingerprint density at radius 3 is 2.48 bits per heavy atom. The minimum atomic E-state index is -3.66. The van der Waals surface area contributed by atoms with Crippen LogP contribution >= 0.6 is 0 Å². The van der Waals surface area contributed by atoms with Gasteiger partial charge in [0, 0.05) is 6.42 Å². The molecule has 0 aromatic heterocycles. The highest BCUT2D eigenvalue weighted by Gasteiger charge is 2.42. The van der Waals surface area contributed by atoms with Crippen molar-refractivity contribution in [2.75, 3.05) is 6.61 Å². The van der Waals surface area contributed by atoms with Crippen molar-refractivity contribution in [2.45, 2.75) is 50.8 Å². The Hall–Kier alpha value is -1.24. The van der Waals surface area contributed by atoms with Crippen LogP contribution in [0, 0.1) is 6.92 Å². The Morgan fingerprint density at radius 2 is 1.95 bits per heavy atom. The van der Waals surface area contributed by atoms with Crippen LogP contribution in [0.1, 0.15) is 32.3 Å². The number of ether oxygens (including phenoxy) is 1. The summed E-state index contributed by atoms with van der Waals surface area (Å²) >= 11 is 0. The number of ketones is 1. The summed E-state index contributed by atoms with van der Waals surface area (Å²) in [6.07, 6.45) is 0.0416. The van der Waals surface area contributed by atoms with Crippen LogP contribution in [0.25, 0.3) is 0 Å². The van der Waals surface area contributed by atoms with E-state index < -0.39 is 16.3 Å². The van der Waals surface area contributed by atoms with Gasteiger partial charge in [0.15, 0.2) is 0 Å². The van der Waals surface area contributed by atoms with Gasteiger partial charge < -0.3 is 4.74 Å². The molecule has 0 aliphatic carbocycles. The fourth-order valence-corrected chi connectivity index (χ4v) is 4.25. The van der Waals surface area contributed by atoms with E-state index in [9.17, 15) is 13.2 Å². The SMILES string of the molecule is CC[C@@H]1CO[C@H](CC(C)=O)N1S(=O)(=O)c1ccc(C)cc1. The summed E-state index contributed by atoms with van der Waals surface area (Å²) in [4.78, 5) is 11.6. The van der Waals surface area contributed by atoms with E-state index in [0.717, 1.165) is 5.56 Å². The van der Waals surface area contributed by atoms with Crippen LogP contribution in [0.4, 0.5) is 0 Å². The molecule has 6 heteroatoms. The first kappa shape index (κ1) is 16.1. The zero-order valence-electron chi connectivity index (χ0n) is 12.6. The molecule has 1 aromatic carbocycles. The van der Waals surface area contributed by atoms with Gasteiger partial charge in [0.05, 0.1) is 17.5 Å². The number of carbonyl (C=O) groups is 1. The largest absolute Gasteiger partial charge is 0.360 e. The average molecular weight is 311 g/mol. The van der Waals surface area contributed by atoms with Gasteiger partial charge in [-0.1, -0.05) is 24.6 Å². The van der Waals surface area contributed by atoms with Crippen LogP contribution in [0.15, 0.2) is 29.2 Å². The van der Waals surface area contributed by atoms with Crippen LogP contribution in [-0.4, -0.2) is 37.4 Å². The van der Waals surface area contributed by atoms with Crippen LogP contribution in [0.3, 0.4) is 0 Å². The van der Waals surface area contributed by atoms with E-state index in [4.69, 9.17) is 4.74 Å². The molecule has 0 amide bonds. The molecule has 0 unspecified atom stereocenters.